The lowest BCUT2D eigenvalue weighted by atomic mass is 10.2. The van der Waals surface area contributed by atoms with Crippen LogP contribution in [0.15, 0.2) is 40.9 Å². The number of nitro groups is 1. The molecule has 0 saturated heterocycles. The third-order valence-electron chi connectivity index (χ3n) is 3.06. The molecule has 2 rings (SSSR count). The Labute approximate surface area is 145 Å². The van der Waals surface area contributed by atoms with E-state index < -0.39 is 16.6 Å². The molecule has 0 aliphatic carbocycles. The zero-order chi connectivity index (χ0) is 17.7. The summed E-state index contributed by atoms with van der Waals surface area (Å²) in [4.78, 5) is 22.3. The minimum absolute atomic E-state index is 0.253. The lowest BCUT2D eigenvalue weighted by molar-refractivity contribution is -0.384. The molecular formula is C16H14BrFN2O4. The Kier molecular flexibility index (Phi) is 5.86. The van der Waals surface area contributed by atoms with Crippen LogP contribution in [0.3, 0.4) is 0 Å². The predicted octanol–water partition coefficient (Wildman–Crippen LogP) is 4.54. The molecule has 0 atom stereocenters. The van der Waals surface area contributed by atoms with Crippen LogP contribution < -0.4 is 10.1 Å². The van der Waals surface area contributed by atoms with Crippen LogP contribution in [0.2, 0.25) is 0 Å². The summed E-state index contributed by atoms with van der Waals surface area (Å²) in [6.45, 7) is 2.52. The van der Waals surface area contributed by atoms with Gasteiger partial charge in [0.05, 0.1) is 21.7 Å². The minimum Gasteiger partial charge on any atom is -0.492 e. The van der Waals surface area contributed by atoms with E-state index in [0.29, 0.717) is 16.8 Å². The Hall–Kier alpha value is -2.48. The molecule has 0 bridgehead atoms. The van der Waals surface area contributed by atoms with Gasteiger partial charge in [-0.25, -0.2) is 4.39 Å². The summed E-state index contributed by atoms with van der Waals surface area (Å²) < 4.78 is 19.8. The van der Waals surface area contributed by atoms with E-state index in [1.807, 2.05) is 6.92 Å². The van der Waals surface area contributed by atoms with Gasteiger partial charge in [0.15, 0.2) is 0 Å². The molecule has 0 aromatic heterocycles. The highest BCUT2D eigenvalue weighted by Gasteiger charge is 2.15. The number of carbonyl (C=O) groups excluding carboxylic acids is 1. The van der Waals surface area contributed by atoms with E-state index >= 15 is 0 Å². The molecule has 0 radical (unpaired) electrons. The maximum absolute atomic E-state index is 13.7. The number of amides is 1. The average Bonchev–Trinajstić information content (AvgIpc) is 2.55. The van der Waals surface area contributed by atoms with Crippen molar-refractivity contribution in [1.82, 2.24) is 0 Å². The molecule has 0 unspecified atom stereocenters. The molecular weight excluding hydrogens is 383 g/mol. The first-order chi connectivity index (χ1) is 11.4. The lowest BCUT2D eigenvalue weighted by Crippen LogP contribution is -2.13. The van der Waals surface area contributed by atoms with E-state index in [1.54, 1.807) is 6.07 Å². The Morgan fingerprint density at radius 3 is 2.71 bits per heavy atom. The number of ether oxygens (including phenoxy) is 1. The van der Waals surface area contributed by atoms with Crippen LogP contribution in [0.4, 0.5) is 15.8 Å². The topological polar surface area (TPSA) is 81.5 Å². The van der Waals surface area contributed by atoms with E-state index in [-0.39, 0.29) is 16.9 Å². The zero-order valence-corrected chi connectivity index (χ0v) is 14.3. The molecule has 0 heterocycles. The normalized spacial score (nSPS) is 10.3. The quantitative estimate of drug-likeness (QED) is 0.573. The van der Waals surface area contributed by atoms with Gasteiger partial charge in [-0.3, -0.25) is 14.9 Å². The molecule has 1 N–H and O–H groups in total. The van der Waals surface area contributed by atoms with Crippen LogP contribution >= 0.6 is 15.9 Å². The average molecular weight is 397 g/mol. The molecule has 2 aromatic rings. The van der Waals surface area contributed by atoms with E-state index in [2.05, 4.69) is 21.2 Å². The fourth-order valence-corrected chi connectivity index (χ4v) is 2.38. The number of nitro benzene ring substituents is 1. The van der Waals surface area contributed by atoms with Crippen molar-refractivity contribution in [3.8, 4) is 5.75 Å². The zero-order valence-electron chi connectivity index (χ0n) is 12.7. The third kappa shape index (κ3) is 4.29. The smallest absolute Gasteiger partial charge is 0.271 e. The molecule has 0 spiro atoms. The first-order valence-electron chi connectivity index (χ1n) is 7.10. The van der Waals surface area contributed by atoms with Crippen molar-refractivity contribution in [3.05, 3.63) is 62.4 Å². The van der Waals surface area contributed by atoms with Gasteiger partial charge < -0.3 is 10.1 Å². The van der Waals surface area contributed by atoms with Crippen LogP contribution in [0.5, 0.6) is 5.75 Å². The number of rotatable bonds is 6. The number of anilines is 1. The highest BCUT2D eigenvalue weighted by Crippen LogP contribution is 2.27. The van der Waals surface area contributed by atoms with Gasteiger partial charge in [0.25, 0.3) is 11.6 Å². The van der Waals surface area contributed by atoms with Crippen molar-refractivity contribution < 1.29 is 18.8 Å². The standard InChI is InChI=1S/C16H14BrFN2O4/c1-2-7-24-15-6-3-10(8-12(15)17)16(21)19-14-9-11(20(22)23)4-5-13(14)18/h3-6,8-9H,2,7H2,1H3,(H,19,21). The molecule has 24 heavy (non-hydrogen) atoms. The highest BCUT2D eigenvalue weighted by molar-refractivity contribution is 9.10. The van der Waals surface area contributed by atoms with Crippen molar-refractivity contribution in [1.29, 1.82) is 0 Å². The second-order valence-corrected chi connectivity index (χ2v) is 5.72. The molecule has 8 heteroatoms. The predicted molar refractivity (Wildman–Crippen MR) is 90.9 cm³/mol. The summed E-state index contributed by atoms with van der Waals surface area (Å²) in [5.74, 6) is -0.747. The van der Waals surface area contributed by atoms with Gasteiger partial charge in [-0.1, -0.05) is 6.92 Å². The van der Waals surface area contributed by atoms with Gasteiger partial charge >= 0.3 is 0 Å². The third-order valence-corrected chi connectivity index (χ3v) is 3.68. The number of benzene rings is 2. The lowest BCUT2D eigenvalue weighted by Gasteiger charge is -2.10. The monoisotopic (exact) mass is 396 g/mol. The maximum atomic E-state index is 13.7. The highest BCUT2D eigenvalue weighted by atomic mass is 79.9. The molecule has 126 valence electrons. The summed E-state index contributed by atoms with van der Waals surface area (Å²) in [6, 6.07) is 7.63. The first-order valence-corrected chi connectivity index (χ1v) is 7.89. The Bertz CT molecular complexity index is 783. The number of halogens is 2. The minimum atomic E-state index is -0.754. The molecule has 0 fully saturated rings. The second-order valence-electron chi connectivity index (χ2n) is 4.87. The first kappa shape index (κ1) is 17.9. The largest absolute Gasteiger partial charge is 0.492 e. The number of hydrogen-bond donors (Lipinski definition) is 1. The summed E-state index contributed by atoms with van der Waals surface area (Å²) >= 11 is 3.31. The fraction of sp³-hybridized carbons (Fsp3) is 0.188. The molecule has 2 aromatic carbocycles. The molecule has 0 aliphatic heterocycles. The van der Waals surface area contributed by atoms with Crippen molar-refractivity contribution in [2.75, 3.05) is 11.9 Å². The van der Waals surface area contributed by atoms with Gasteiger partial charge in [-0.05, 0) is 46.6 Å². The SMILES string of the molecule is CCCOc1ccc(C(=O)Nc2cc([N+](=O)[O-])ccc2F)cc1Br. The van der Waals surface area contributed by atoms with Gasteiger partial charge in [-0.15, -0.1) is 0 Å². The molecule has 1 amide bonds. The van der Waals surface area contributed by atoms with Gasteiger partial charge in [0, 0.05) is 17.7 Å². The van der Waals surface area contributed by atoms with Crippen LogP contribution in [0.1, 0.15) is 23.7 Å². The number of carbonyl (C=O) groups is 1. The van der Waals surface area contributed by atoms with Crippen LogP contribution in [0, 0.1) is 15.9 Å². The summed E-state index contributed by atoms with van der Waals surface area (Å²) in [5.41, 5.74) is -0.301. The number of nitrogens with one attached hydrogen (secondary N) is 1. The fourth-order valence-electron chi connectivity index (χ4n) is 1.89. The van der Waals surface area contributed by atoms with E-state index in [0.717, 1.165) is 24.6 Å². The molecule has 0 saturated carbocycles. The molecule has 6 nitrogen and oxygen atoms in total. The van der Waals surface area contributed by atoms with Crippen molar-refractivity contribution in [2.45, 2.75) is 13.3 Å². The van der Waals surface area contributed by atoms with E-state index in [4.69, 9.17) is 4.74 Å². The van der Waals surface area contributed by atoms with E-state index in [9.17, 15) is 19.3 Å². The van der Waals surface area contributed by atoms with Crippen molar-refractivity contribution in [2.24, 2.45) is 0 Å². The summed E-state index contributed by atoms with van der Waals surface area (Å²) in [6.07, 6.45) is 0.848. The van der Waals surface area contributed by atoms with Gasteiger partial charge in [0.1, 0.15) is 11.6 Å². The Balaban J connectivity index is 2.19. The van der Waals surface area contributed by atoms with Crippen molar-refractivity contribution >= 4 is 33.2 Å². The molecule has 0 aliphatic rings. The van der Waals surface area contributed by atoms with E-state index in [1.165, 1.54) is 12.1 Å². The number of hydrogen-bond acceptors (Lipinski definition) is 4. The van der Waals surface area contributed by atoms with Crippen LogP contribution in [-0.4, -0.2) is 17.4 Å². The van der Waals surface area contributed by atoms with Crippen molar-refractivity contribution in [3.63, 3.8) is 0 Å². The van der Waals surface area contributed by atoms with Crippen LogP contribution in [0.25, 0.3) is 0 Å². The summed E-state index contributed by atoms with van der Waals surface area (Å²) in [7, 11) is 0. The maximum Gasteiger partial charge on any atom is 0.271 e. The van der Waals surface area contributed by atoms with Crippen LogP contribution in [-0.2, 0) is 0 Å². The van der Waals surface area contributed by atoms with Gasteiger partial charge in [-0.2, -0.15) is 0 Å². The second kappa shape index (κ2) is 7.87. The Morgan fingerprint density at radius 2 is 2.08 bits per heavy atom. The Morgan fingerprint density at radius 1 is 1.33 bits per heavy atom. The number of nitrogens with zero attached hydrogens (tertiary/aromatic N) is 1. The number of non-ortho nitro benzene ring substituents is 1. The van der Waals surface area contributed by atoms with Gasteiger partial charge in [0.2, 0.25) is 0 Å². The summed E-state index contributed by atoms with van der Waals surface area (Å²) in [5, 5.41) is 13.1.